The minimum atomic E-state index is 0.406. The molecule has 0 saturated heterocycles. The number of anilines is 2. The second-order valence-electron chi connectivity index (χ2n) is 7.50. The summed E-state index contributed by atoms with van der Waals surface area (Å²) < 4.78 is 22.6. The van der Waals surface area contributed by atoms with Gasteiger partial charge in [0.05, 0.1) is 13.2 Å². The first kappa shape index (κ1) is 22.0. The monoisotopic (exact) mass is 436 g/mol. The average Bonchev–Trinajstić information content (AvgIpc) is 3.26. The van der Waals surface area contributed by atoms with E-state index in [0.717, 1.165) is 35.9 Å². The van der Waals surface area contributed by atoms with E-state index in [2.05, 4.69) is 39.4 Å². The fraction of sp³-hybridized carbons (Fsp3) is 0.333. The third kappa shape index (κ3) is 5.94. The molecule has 0 fully saturated rings. The van der Waals surface area contributed by atoms with Crippen LogP contribution in [0.3, 0.4) is 0 Å². The Hall–Kier alpha value is -3.20. The summed E-state index contributed by atoms with van der Waals surface area (Å²) >= 11 is 0. The molecular formula is C24H28N4O4. The number of likely N-dealkylation sites (N-methyl/N-ethyl adjacent to an activating group) is 1. The number of methoxy groups -OCH3 is 1. The van der Waals surface area contributed by atoms with Gasteiger partial charge in [0.15, 0.2) is 5.76 Å². The molecule has 6 bridgehead atoms. The summed E-state index contributed by atoms with van der Waals surface area (Å²) in [6.45, 7) is 3.46. The lowest BCUT2D eigenvalue weighted by Gasteiger charge is -2.19. The molecule has 3 heterocycles. The van der Waals surface area contributed by atoms with Crippen LogP contribution >= 0.6 is 0 Å². The minimum absolute atomic E-state index is 0.406. The number of hydrogen-bond acceptors (Lipinski definition) is 8. The van der Waals surface area contributed by atoms with Crippen molar-refractivity contribution in [2.45, 2.75) is 13.2 Å². The molecule has 1 aliphatic rings. The van der Waals surface area contributed by atoms with Crippen molar-refractivity contribution in [1.29, 1.82) is 0 Å². The van der Waals surface area contributed by atoms with Crippen LogP contribution in [0, 0.1) is 0 Å². The molecule has 8 nitrogen and oxygen atoms in total. The number of rotatable bonds is 4. The van der Waals surface area contributed by atoms with Crippen LogP contribution in [-0.4, -0.2) is 55.4 Å². The third-order valence-electron chi connectivity index (χ3n) is 4.91. The number of benzene rings is 1. The van der Waals surface area contributed by atoms with Gasteiger partial charge in [-0.15, -0.1) is 0 Å². The lowest BCUT2D eigenvalue weighted by atomic mass is 10.1. The Labute approximate surface area is 187 Å². The van der Waals surface area contributed by atoms with Crippen LogP contribution in [0.25, 0.3) is 11.5 Å². The molecule has 168 valence electrons. The summed E-state index contributed by atoms with van der Waals surface area (Å²) in [5.74, 6) is 2.76. The lowest BCUT2D eigenvalue weighted by molar-refractivity contribution is 0.132. The molecule has 0 atom stereocenters. The highest BCUT2D eigenvalue weighted by atomic mass is 16.5. The fourth-order valence-electron chi connectivity index (χ4n) is 3.34. The molecule has 1 N–H and O–H groups in total. The van der Waals surface area contributed by atoms with Crippen molar-refractivity contribution in [2.75, 3.05) is 45.8 Å². The van der Waals surface area contributed by atoms with Crippen LogP contribution in [0.2, 0.25) is 0 Å². The van der Waals surface area contributed by atoms with Gasteiger partial charge in [-0.3, -0.25) is 4.90 Å². The minimum Gasteiger partial charge on any atom is -0.491 e. The zero-order valence-electron chi connectivity index (χ0n) is 18.4. The summed E-state index contributed by atoms with van der Waals surface area (Å²) in [5, 5.41) is 3.30. The largest absolute Gasteiger partial charge is 0.491 e. The van der Waals surface area contributed by atoms with Crippen molar-refractivity contribution in [1.82, 2.24) is 14.9 Å². The van der Waals surface area contributed by atoms with Crippen molar-refractivity contribution in [2.24, 2.45) is 0 Å². The zero-order chi connectivity index (χ0) is 22.2. The molecule has 0 spiro atoms. The molecule has 0 saturated carbocycles. The first-order chi connectivity index (χ1) is 15.7. The number of fused-ring (bicyclic) bond motifs is 7. The van der Waals surface area contributed by atoms with Gasteiger partial charge < -0.3 is 23.9 Å². The summed E-state index contributed by atoms with van der Waals surface area (Å²) in [7, 11) is 3.73. The predicted molar refractivity (Wildman–Crippen MR) is 122 cm³/mol. The lowest BCUT2D eigenvalue weighted by Crippen LogP contribution is -2.19. The van der Waals surface area contributed by atoms with Crippen molar-refractivity contribution in [3.63, 3.8) is 0 Å². The van der Waals surface area contributed by atoms with E-state index < -0.39 is 0 Å². The zero-order valence-corrected chi connectivity index (χ0v) is 18.4. The average molecular weight is 437 g/mol. The number of nitrogens with one attached hydrogen (secondary N) is 1. The van der Waals surface area contributed by atoms with Crippen LogP contribution in [0.4, 0.5) is 11.6 Å². The molecule has 0 unspecified atom stereocenters. The highest BCUT2D eigenvalue weighted by Gasteiger charge is 2.11. The van der Waals surface area contributed by atoms with Gasteiger partial charge in [-0.25, -0.2) is 9.97 Å². The summed E-state index contributed by atoms with van der Waals surface area (Å²) in [6, 6.07) is 11.6. The SMILES string of the molecule is COCCOc1ccc2cc1CN(C)C/C=C/COCc1ccc(o1)-c1ccnc(n1)N2. The molecule has 0 radical (unpaired) electrons. The molecule has 8 heteroatoms. The highest BCUT2D eigenvalue weighted by molar-refractivity contribution is 5.60. The topological polar surface area (TPSA) is 81.9 Å². The van der Waals surface area contributed by atoms with Gasteiger partial charge >= 0.3 is 0 Å². The van der Waals surface area contributed by atoms with E-state index >= 15 is 0 Å². The summed E-state index contributed by atoms with van der Waals surface area (Å²) in [6.07, 6.45) is 5.83. The van der Waals surface area contributed by atoms with Crippen LogP contribution in [-0.2, 0) is 22.6 Å². The van der Waals surface area contributed by atoms with Gasteiger partial charge in [-0.05, 0) is 43.4 Å². The van der Waals surface area contributed by atoms with E-state index in [0.29, 0.717) is 43.8 Å². The molecule has 2 aromatic heterocycles. The van der Waals surface area contributed by atoms with E-state index in [1.54, 1.807) is 13.3 Å². The van der Waals surface area contributed by atoms with Gasteiger partial charge in [0, 0.05) is 37.6 Å². The van der Waals surface area contributed by atoms with Crippen LogP contribution in [0.1, 0.15) is 11.3 Å². The van der Waals surface area contributed by atoms with Crippen molar-refractivity contribution >= 4 is 11.6 Å². The first-order valence-electron chi connectivity index (χ1n) is 10.6. The van der Waals surface area contributed by atoms with Crippen molar-refractivity contribution in [3.8, 4) is 17.2 Å². The van der Waals surface area contributed by atoms with Crippen LogP contribution in [0.5, 0.6) is 5.75 Å². The van der Waals surface area contributed by atoms with Gasteiger partial charge in [0.25, 0.3) is 0 Å². The fourth-order valence-corrected chi connectivity index (χ4v) is 3.34. The van der Waals surface area contributed by atoms with E-state index in [1.807, 2.05) is 36.4 Å². The quantitative estimate of drug-likeness (QED) is 0.485. The van der Waals surface area contributed by atoms with E-state index in [9.17, 15) is 0 Å². The smallest absolute Gasteiger partial charge is 0.227 e. The number of furan rings is 1. The Morgan fingerprint density at radius 1 is 1.12 bits per heavy atom. The number of aromatic nitrogens is 2. The standard InChI is InChI=1S/C24H28N4O4/c1-28-11-3-4-12-30-17-20-6-8-23(32-20)21-9-10-25-24(27-21)26-19-5-7-22(18(15-19)16-28)31-14-13-29-2/h3-10,15H,11-14,16-17H2,1-2H3,(H,25,26,27)/b4-3+. The second-order valence-corrected chi connectivity index (χ2v) is 7.50. The van der Waals surface area contributed by atoms with Gasteiger partial charge in [0.1, 0.15) is 30.4 Å². The summed E-state index contributed by atoms with van der Waals surface area (Å²) in [5.41, 5.74) is 2.65. The normalized spacial score (nSPS) is 15.9. The molecular weight excluding hydrogens is 408 g/mol. The molecule has 32 heavy (non-hydrogen) atoms. The first-order valence-corrected chi connectivity index (χ1v) is 10.6. The molecule has 1 aliphatic heterocycles. The highest BCUT2D eigenvalue weighted by Crippen LogP contribution is 2.27. The molecule has 4 rings (SSSR count). The Morgan fingerprint density at radius 3 is 2.97 bits per heavy atom. The van der Waals surface area contributed by atoms with Gasteiger partial charge in [-0.2, -0.15) is 0 Å². The Kier molecular flexibility index (Phi) is 7.50. The molecule has 3 aromatic rings. The summed E-state index contributed by atoms with van der Waals surface area (Å²) in [4.78, 5) is 11.2. The van der Waals surface area contributed by atoms with E-state index in [1.165, 1.54) is 0 Å². The number of hydrogen-bond donors (Lipinski definition) is 1. The Bertz CT molecular complexity index is 1050. The number of ether oxygens (including phenoxy) is 3. The maximum absolute atomic E-state index is 5.94. The second kappa shape index (κ2) is 10.9. The Balaban J connectivity index is 1.64. The van der Waals surface area contributed by atoms with Crippen LogP contribution < -0.4 is 10.1 Å². The predicted octanol–water partition coefficient (Wildman–Crippen LogP) is 4.02. The number of nitrogens with zero attached hydrogens (tertiary/aromatic N) is 3. The molecule has 1 aromatic carbocycles. The van der Waals surface area contributed by atoms with Crippen molar-refractivity contribution < 1.29 is 18.6 Å². The van der Waals surface area contributed by atoms with Crippen molar-refractivity contribution in [3.05, 3.63) is 66.1 Å². The van der Waals surface area contributed by atoms with Gasteiger partial charge in [-0.1, -0.05) is 12.2 Å². The van der Waals surface area contributed by atoms with E-state index in [4.69, 9.17) is 18.6 Å². The maximum Gasteiger partial charge on any atom is 0.227 e. The van der Waals surface area contributed by atoms with Crippen LogP contribution in [0.15, 0.2) is 59.2 Å². The maximum atomic E-state index is 5.94. The Morgan fingerprint density at radius 2 is 2.06 bits per heavy atom. The molecule has 0 aliphatic carbocycles. The van der Waals surface area contributed by atoms with Gasteiger partial charge in [0.2, 0.25) is 5.95 Å². The van der Waals surface area contributed by atoms with E-state index in [-0.39, 0.29) is 0 Å². The molecule has 0 amide bonds. The third-order valence-corrected chi connectivity index (χ3v) is 4.91.